The van der Waals surface area contributed by atoms with Gasteiger partial charge in [-0.15, -0.1) is 0 Å². The predicted molar refractivity (Wildman–Crippen MR) is 120 cm³/mol. The molecule has 0 saturated heterocycles. The van der Waals surface area contributed by atoms with Gasteiger partial charge >= 0.3 is 0 Å². The van der Waals surface area contributed by atoms with Crippen LogP contribution in [0.5, 0.6) is 0 Å². The highest BCUT2D eigenvalue weighted by Crippen LogP contribution is 2.31. The van der Waals surface area contributed by atoms with E-state index < -0.39 is 5.41 Å². The molecule has 0 fully saturated rings. The zero-order chi connectivity index (χ0) is 21.6. The van der Waals surface area contributed by atoms with E-state index in [1.165, 1.54) is 0 Å². The first-order valence-electron chi connectivity index (χ1n) is 9.92. The molecule has 154 valence electrons. The third kappa shape index (κ3) is 3.52. The Balaban J connectivity index is 1.54. The van der Waals surface area contributed by atoms with Gasteiger partial charge in [0, 0.05) is 45.9 Å². The molecule has 0 aliphatic rings. The Morgan fingerprint density at radius 3 is 2.68 bits per heavy atom. The number of nitrogens with zero attached hydrogens (tertiary/aromatic N) is 4. The number of H-pyrrole nitrogens is 2. The summed E-state index contributed by atoms with van der Waals surface area (Å²) in [4.78, 5) is 28.7. The Kier molecular flexibility index (Phi) is 4.28. The number of hydrogen-bond donors (Lipinski definition) is 3. The Hall–Kier alpha value is -4.07. The van der Waals surface area contributed by atoms with Crippen LogP contribution in [0.2, 0.25) is 0 Å². The molecule has 0 spiro atoms. The number of pyridine rings is 3. The van der Waals surface area contributed by atoms with E-state index in [4.69, 9.17) is 0 Å². The van der Waals surface area contributed by atoms with Crippen molar-refractivity contribution in [1.29, 1.82) is 0 Å². The van der Waals surface area contributed by atoms with Crippen LogP contribution in [0.3, 0.4) is 0 Å². The van der Waals surface area contributed by atoms with Gasteiger partial charge in [-0.2, -0.15) is 5.10 Å². The van der Waals surface area contributed by atoms with Crippen LogP contribution < -0.4 is 5.32 Å². The Bertz CT molecular complexity index is 1390. The van der Waals surface area contributed by atoms with Crippen molar-refractivity contribution in [2.24, 2.45) is 5.41 Å². The van der Waals surface area contributed by atoms with Crippen LogP contribution in [0.15, 0.2) is 55.2 Å². The third-order valence-corrected chi connectivity index (χ3v) is 5.10. The molecule has 0 atom stereocenters. The second-order valence-corrected chi connectivity index (χ2v) is 8.50. The second-order valence-electron chi connectivity index (χ2n) is 8.50. The largest absolute Gasteiger partial charge is 0.353 e. The zero-order valence-electron chi connectivity index (χ0n) is 17.4. The predicted octanol–water partition coefficient (Wildman–Crippen LogP) is 4.55. The average Bonchev–Trinajstić information content (AvgIpc) is 3.36. The molecular formula is C23H21N7O. The van der Waals surface area contributed by atoms with E-state index in [0.717, 1.165) is 44.5 Å². The van der Waals surface area contributed by atoms with Crippen molar-refractivity contribution in [2.45, 2.75) is 20.8 Å². The summed E-state index contributed by atoms with van der Waals surface area (Å²) in [5, 5.41) is 12.4. The van der Waals surface area contributed by atoms with Crippen LogP contribution >= 0.6 is 0 Å². The average molecular weight is 411 g/mol. The minimum atomic E-state index is -0.492. The van der Waals surface area contributed by atoms with Crippen molar-refractivity contribution in [3.05, 3.63) is 55.2 Å². The molecule has 0 aliphatic heterocycles. The Labute approximate surface area is 178 Å². The highest BCUT2D eigenvalue weighted by molar-refractivity contribution is 5.97. The number of carbonyl (C=O) groups excluding carboxylic acids is 1. The van der Waals surface area contributed by atoms with E-state index in [1.807, 2.05) is 51.2 Å². The van der Waals surface area contributed by atoms with Crippen molar-refractivity contribution in [3.8, 4) is 22.6 Å². The van der Waals surface area contributed by atoms with Crippen LogP contribution in [0.1, 0.15) is 20.8 Å². The van der Waals surface area contributed by atoms with Crippen molar-refractivity contribution >= 4 is 33.4 Å². The molecular weight excluding hydrogens is 390 g/mol. The quantitative estimate of drug-likeness (QED) is 0.403. The Morgan fingerprint density at radius 2 is 1.87 bits per heavy atom. The molecule has 8 nitrogen and oxygen atoms in total. The number of carbonyl (C=O) groups is 1. The maximum Gasteiger partial charge on any atom is 0.229 e. The Morgan fingerprint density at radius 1 is 1.00 bits per heavy atom. The van der Waals surface area contributed by atoms with Crippen molar-refractivity contribution in [1.82, 2.24) is 30.1 Å². The van der Waals surface area contributed by atoms with Gasteiger partial charge in [-0.05, 0) is 24.3 Å². The van der Waals surface area contributed by atoms with Crippen LogP contribution in [0, 0.1) is 5.41 Å². The van der Waals surface area contributed by atoms with Crippen molar-refractivity contribution < 1.29 is 4.79 Å². The molecule has 8 heteroatoms. The van der Waals surface area contributed by atoms with E-state index >= 15 is 0 Å². The number of amides is 1. The number of anilines is 1. The van der Waals surface area contributed by atoms with E-state index in [-0.39, 0.29) is 5.91 Å². The standard InChI is InChI=1S/C23H21N7O/c1-23(2,3)22(31)27-15-6-13(10-25-11-15)18-8-16-20(12-26-18)29-30-21(16)19-7-14-9-24-5-4-17(14)28-19/h4-12,28H,1-3H3,(H,27,31)(H,29,30). The molecule has 5 aromatic heterocycles. The number of fused-ring (bicyclic) bond motifs is 2. The topological polar surface area (TPSA) is 112 Å². The fourth-order valence-electron chi connectivity index (χ4n) is 3.35. The molecule has 0 aromatic carbocycles. The summed E-state index contributed by atoms with van der Waals surface area (Å²) in [6, 6.07) is 7.81. The lowest BCUT2D eigenvalue weighted by Crippen LogP contribution is -2.27. The van der Waals surface area contributed by atoms with E-state index in [2.05, 4.69) is 35.5 Å². The minimum absolute atomic E-state index is 0.0692. The van der Waals surface area contributed by atoms with Gasteiger partial charge in [0.1, 0.15) is 5.69 Å². The smallest absolute Gasteiger partial charge is 0.229 e. The summed E-state index contributed by atoms with van der Waals surface area (Å²) in [6.07, 6.45) is 8.69. The molecule has 0 radical (unpaired) electrons. The molecule has 0 aliphatic carbocycles. The van der Waals surface area contributed by atoms with E-state index in [1.54, 1.807) is 24.8 Å². The van der Waals surface area contributed by atoms with Gasteiger partial charge in [0.15, 0.2) is 0 Å². The van der Waals surface area contributed by atoms with Crippen LogP contribution in [0.25, 0.3) is 44.5 Å². The fraction of sp³-hybridized carbons (Fsp3) is 0.174. The van der Waals surface area contributed by atoms with Crippen molar-refractivity contribution in [2.75, 3.05) is 5.32 Å². The van der Waals surface area contributed by atoms with Gasteiger partial charge in [-0.1, -0.05) is 20.8 Å². The first-order chi connectivity index (χ1) is 14.9. The number of nitrogens with one attached hydrogen (secondary N) is 3. The number of rotatable bonds is 3. The molecule has 31 heavy (non-hydrogen) atoms. The lowest BCUT2D eigenvalue weighted by Gasteiger charge is -2.17. The number of hydrogen-bond acceptors (Lipinski definition) is 5. The number of aromatic nitrogens is 6. The van der Waals surface area contributed by atoms with Gasteiger partial charge < -0.3 is 10.3 Å². The normalized spacial score (nSPS) is 11.8. The maximum absolute atomic E-state index is 12.3. The first-order valence-corrected chi connectivity index (χ1v) is 9.92. The summed E-state index contributed by atoms with van der Waals surface area (Å²) in [5.41, 5.74) is 5.23. The van der Waals surface area contributed by atoms with E-state index in [9.17, 15) is 4.79 Å². The summed E-state index contributed by atoms with van der Waals surface area (Å²) in [5.74, 6) is -0.0692. The van der Waals surface area contributed by atoms with Gasteiger partial charge in [0.25, 0.3) is 0 Å². The van der Waals surface area contributed by atoms with Crippen LogP contribution in [-0.4, -0.2) is 36.0 Å². The van der Waals surface area contributed by atoms with Gasteiger partial charge in [-0.25, -0.2) is 0 Å². The summed E-state index contributed by atoms with van der Waals surface area (Å²) < 4.78 is 0. The van der Waals surface area contributed by atoms with E-state index in [0.29, 0.717) is 5.69 Å². The second kappa shape index (κ2) is 7.02. The van der Waals surface area contributed by atoms with Crippen LogP contribution in [-0.2, 0) is 4.79 Å². The first kappa shape index (κ1) is 18.9. The fourth-order valence-corrected chi connectivity index (χ4v) is 3.35. The third-order valence-electron chi connectivity index (χ3n) is 5.10. The van der Waals surface area contributed by atoms with Crippen LogP contribution in [0.4, 0.5) is 5.69 Å². The lowest BCUT2D eigenvalue weighted by molar-refractivity contribution is -0.123. The highest BCUT2D eigenvalue weighted by atomic mass is 16.2. The molecule has 0 bridgehead atoms. The summed E-state index contributed by atoms with van der Waals surface area (Å²) in [6.45, 7) is 5.61. The lowest BCUT2D eigenvalue weighted by atomic mass is 9.95. The molecule has 5 aromatic rings. The molecule has 0 saturated carbocycles. The molecule has 0 unspecified atom stereocenters. The minimum Gasteiger partial charge on any atom is -0.353 e. The van der Waals surface area contributed by atoms with Crippen molar-refractivity contribution in [3.63, 3.8) is 0 Å². The molecule has 3 N–H and O–H groups in total. The van der Waals surface area contributed by atoms with Gasteiger partial charge in [-0.3, -0.25) is 24.8 Å². The molecule has 5 rings (SSSR count). The summed E-state index contributed by atoms with van der Waals surface area (Å²) >= 11 is 0. The molecule has 5 heterocycles. The monoisotopic (exact) mass is 411 g/mol. The SMILES string of the molecule is CC(C)(C)C(=O)Nc1cncc(-c2cc3c(-c4cc5cnccc5[nH]4)n[nH]c3cn2)c1. The highest BCUT2D eigenvalue weighted by Gasteiger charge is 2.21. The number of aromatic amines is 2. The van der Waals surface area contributed by atoms with Gasteiger partial charge in [0.2, 0.25) is 5.91 Å². The maximum atomic E-state index is 12.3. The van der Waals surface area contributed by atoms with Gasteiger partial charge in [0.05, 0.1) is 35.0 Å². The molecule has 1 amide bonds. The summed E-state index contributed by atoms with van der Waals surface area (Å²) in [7, 11) is 0. The zero-order valence-corrected chi connectivity index (χ0v) is 17.4.